The quantitative estimate of drug-likeness (QED) is 0.526. The minimum Gasteiger partial charge on any atom is -0.365 e. The summed E-state index contributed by atoms with van der Waals surface area (Å²) in [5.74, 6) is 1.63. The number of anilines is 1. The van der Waals surface area contributed by atoms with E-state index in [-0.39, 0.29) is 0 Å². The molecule has 4 rings (SSSR count). The van der Waals surface area contributed by atoms with Crippen molar-refractivity contribution >= 4 is 27.5 Å². The summed E-state index contributed by atoms with van der Waals surface area (Å²) in [4.78, 5) is 9.10. The lowest BCUT2D eigenvalue weighted by atomic mass is 10.1. The average molecular weight is 393 g/mol. The zero-order valence-electron chi connectivity index (χ0n) is 13.8. The molecule has 0 unspecified atom stereocenters. The number of aryl methyl sites for hydroxylation is 1. The molecule has 0 radical (unpaired) electrons. The molecule has 25 heavy (non-hydrogen) atoms. The van der Waals surface area contributed by atoms with Crippen LogP contribution in [0, 0.1) is 6.92 Å². The van der Waals surface area contributed by atoms with E-state index in [2.05, 4.69) is 69.6 Å². The second-order valence-electron chi connectivity index (χ2n) is 5.95. The van der Waals surface area contributed by atoms with Crippen LogP contribution in [0.25, 0.3) is 17.0 Å². The molecule has 2 aromatic carbocycles. The lowest BCUT2D eigenvalue weighted by Gasteiger charge is -2.09. The van der Waals surface area contributed by atoms with Crippen LogP contribution in [0.15, 0.2) is 71.5 Å². The van der Waals surface area contributed by atoms with Gasteiger partial charge in [-0.1, -0.05) is 57.9 Å². The van der Waals surface area contributed by atoms with Gasteiger partial charge in [-0.25, -0.2) is 9.97 Å². The Labute approximate surface area is 154 Å². The number of rotatable bonds is 4. The van der Waals surface area contributed by atoms with E-state index in [1.165, 1.54) is 11.1 Å². The smallest absolute Gasteiger partial charge is 0.235 e. The van der Waals surface area contributed by atoms with Gasteiger partial charge in [0.1, 0.15) is 11.5 Å². The Bertz CT molecular complexity index is 1020. The number of halogens is 1. The summed E-state index contributed by atoms with van der Waals surface area (Å²) in [5.41, 5.74) is 4.43. The molecule has 4 nitrogen and oxygen atoms in total. The fourth-order valence-electron chi connectivity index (χ4n) is 2.79. The monoisotopic (exact) mass is 392 g/mol. The molecule has 0 aliphatic heterocycles. The van der Waals surface area contributed by atoms with Crippen molar-refractivity contribution in [1.29, 1.82) is 0 Å². The number of aromatic nitrogens is 3. The van der Waals surface area contributed by atoms with Crippen molar-refractivity contribution in [2.75, 3.05) is 5.32 Å². The Kier molecular flexibility index (Phi) is 4.24. The molecule has 0 fully saturated rings. The van der Waals surface area contributed by atoms with Crippen LogP contribution in [0.3, 0.4) is 0 Å². The first-order valence-corrected chi connectivity index (χ1v) is 8.88. The van der Waals surface area contributed by atoms with Crippen LogP contribution in [0.4, 0.5) is 5.82 Å². The highest BCUT2D eigenvalue weighted by Crippen LogP contribution is 2.30. The maximum Gasteiger partial charge on any atom is 0.235 e. The van der Waals surface area contributed by atoms with Gasteiger partial charge in [0.05, 0.1) is 0 Å². The van der Waals surface area contributed by atoms with Gasteiger partial charge in [-0.2, -0.15) is 0 Å². The average Bonchev–Trinajstić information content (AvgIpc) is 3.00. The lowest BCUT2D eigenvalue weighted by molar-refractivity contribution is 1.06. The minimum atomic E-state index is 0.684. The molecule has 0 amide bonds. The summed E-state index contributed by atoms with van der Waals surface area (Å²) in [6.07, 6.45) is 3.74. The maximum atomic E-state index is 4.72. The highest BCUT2D eigenvalue weighted by Gasteiger charge is 2.14. The fraction of sp³-hybridized carbons (Fsp3) is 0.100. The highest BCUT2D eigenvalue weighted by atomic mass is 79.9. The van der Waals surface area contributed by atoms with Gasteiger partial charge in [0.2, 0.25) is 5.78 Å². The molecule has 0 saturated carbocycles. The summed E-state index contributed by atoms with van der Waals surface area (Å²) >= 11 is 3.54. The Balaban J connectivity index is 1.75. The standard InChI is InChI=1S/C20H17BrN4/c1-14-6-8-15(9-7-14)13-23-19-18(16-4-2-5-17(21)12-16)24-20-22-10-3-11-25(19)20/h2-12,23H,13H2,1H3. The summed E-state index contributed by atoms with van der Waals surface area (Å²) in [6, 6.07) is 18.6. The molecule has 4 aromatic rings. The lowest BCUT2D eigenvalue weighted by Crippen LogP contribution is -2.03. The van der Waals surface area contributed by atoms with Gasteiger partial charge in [0.25, 0.3) is 0 Å². The molecule has 0 aliphatic rings. The summed E-state index contributed by atoms with van der Waals surface area (Å²) < 4.78 is 3.02. The van der Waals surface area contributed by atoms with E-state index in [0.717, 1.165) is 28.1 Å². The van der Waals surface area contributed by atoms with E-state index < -0.39 is 0 Å². The minimum absolute atomic E-state index is 0.684. The van der Waals surface area contributed by atoms with E-state index in [1.807, 2.05) is 28.8 Å². The number of hydrogen-bond acceptors (Lipinski definition) is 3. The molecule has 2 heterocycles. The van der Waals surface area contributed by atoms with Crippen molar-refractivity contribution in [2.24, 2.45) is 0 Å². The van der Waals surface area contributed by atoms with Crippen molar-refractivity contribution in [3.8, 4) is 11.3 Å². The van der Waals surface area contributed by atoms with E-state index in [9.17, 15) is 0 Å². The Morgan fingerprint density at radius 1 is 1.08 bits per heavy atom. The number of nitrogens with zero attached hydrogens (tertiary/aromatic N) is 3. The van der Waals surface area contributed by atoms with Crippen molar-refractivity contribution in [3.05, 3.63) is 82.6 Å². The van der Waals surface area contributed by atoms with Gasteiger partial charge in [-0.05, 0) is 30.7 Å². The van der Waals surface area contributed by atoms with Crippen LogP contribution in [0.1, 0.15) is 11.1 Å². The van der Waals surface area contributed by atoms with Crippen molar-refractivity contribution in [2.45, 2.75) is 13.5 Å². The fourth-order valence-corrected chi connectivity index (χ4v) is 3.18. The van der Waals surface area contributed by atoms with Crippen LogP contribution in [-0.4, -0.2) is 14.4 Å². The van der Waals surface area contributed by atoms with Crippen LogP contribution in [0.5, 0.6) is 0 Å². The van der Waals surface area contributed by atoms with E-state index in [1.54, 1.807) is 6.20 Å². The molecule has 0 atom stereocenters. The number of fused-ring (bicyclic) bond motifs is 1. The van der Waals surface area contributed by atoms with Crippen LogP contribution in [0.2, 0.25) is 0 Å². The van der Waals surface area contributed by atoms with E-state index in [4.69, 9.17) is 4.98 Å². The third-order valence-corrected chi connectivity index (χ3v) is 4.58. The van der Waals surface area contributed by atoms with Gasteiger partial charge < -0.3 is 5.32 Å². The molecular formula is C20H17BrN4. The summed E-state index contributed by atoms with van der Waals surface area (Å²) in [7, 11) is 0. The summed E-state index contributed by atoms with van der Waals surface area (Å²) in [6.45, 7) is 2.82. The third-order valence-electron chi connectivity index (χ3n) is 4.08. The molecule has 0 aliphatic carbocycles. The highest BCUT2D eigenvalue weighted by molar-refractivity contribution is 9.10. The second-order valence-corrected chi connectivity index (χ2v) is 6.86. The van der Waals surface area contributed by atoms with E-state index >= 15 is 0 Å². The van der Waals surface area contributed by atoms with Gasteiger partial charge >= 0.3 is 0 Å². The predicted octanol–water partition coefficient (Wildman–Crippen LogP) is 5.08. The molecule has 1 N–H and O–H groups in total. The first-order valence-electron chi connectivity index (χ1n) is 8.09. The maximum absolute atomic E-state index is 4.72. The van der Waals surface area contributed by atoms with Crippen LogP contribution in [-0.2, 0) is 6.54 Å². The molecule has 5 heteroatoms. The first-order chi connectivity index (χ1) is 12.2. The largest absolute Gasteiger partial charge is 0.365 e. The molecule has 124 valence electrons. The molecule has 0 saturated heterocycles. The van der Waals surface area contributed by atoms with Gasteiger partial charge in [-0.15, -0.1) is 0 Å². The van der Waals surface area contributed by atoms with Crippen LogP contribution >= 0.6 is 15.9 Å². The topological polar surface area (TPSA) is 42.2 Å². The van der Waals surface area contributed by atoms with Gasteiger partial charge in [0, 0.05) is 29.0 Å². The summed E-state index contributed by atoms with van der Waals surface area (Å²) in [5, 5.41) is 3.54. The Hall–Kier alpha value is -2.66. The molecule has 0 spiro atoms. The third kappa shape index (κ3) is 3.28. The Morgan fingerprint density at radius 2 is 1.92 bits per heavy atom. The number of hydrogen-bond donors (Lipinski definition) is 1. The first kappa shape index (κ1) is 15.8. The molecule has 0 bridgehead atoms. The number of nitrogens with one attached hydrogen (secondary N) is 1. The number of benzene rings is 2. The second kappa shape index (κ2) is 6.69. The zero-order valence-corrected chi connectivity index (χ0v) is 15.4. The normalized spacial score (nSPS) is 11.0. The van der Waals surface area contributed by atoms with Gasteiger partial charge in [-0.3, -0.25) is 4.40 Å². The SMILES string of the molecule is Cc1ccc(CNc2c(-c3cccc(Br)c3)nc3ncccn23)cc1. The van der Waals surface area contributed by atoms with E-state index in [0.29, 0.717) is 5.78 Å². The van der Waals surface area contributed by atoms with Gasteiger partial charge in [0.15, 0.2) is 0 Å². The van der Waals surface area contributed by atoms with Crippen LogP contribution < -0.4 is 5.32 Å². The zero-order chi connectivity index (χ0) is 17.2. The molecule has 2 aromatic heterocycles. The van der Waals surface area contributed by atoms with Crippen molar-refractivity contribution in [3.63, 3.8) is 0 Å². The predicted molar refractivity (Wildman–Crippen MR) is 105 cm³/mol. The Morgan fingerprint density at radius 3 is 2.72 bits per heavy atom. The van der Waals surface area contributed by atoms with Crippen molar-refractivity contribution < 1.29 is 0 Å². The van der Waals surface area contributed by atoms with Crippen molar-refractivity contribution in [1.82, 2.24) is 14.4 Å². The number of imidazole rings is 1. The molecular weight excluding hydrogens is 376 g/mol.